The van der Waals surface area contributed by atoms with E-state index >= 15 is 0 Å². The molecular formula is C22H20ClN3O7S. The molecule has 2 N–H and O–H groups in total. The second kappa shape index (κ2) is 9.94. The molecule has 2 aromatic carbocycles. The fourth-order valence-electron chi connectivity index (χ4n) is 3.48. The first-order valence-corrected chi connectivity index (χ1v) is 12.0. The number of aromatic nitrogens is 1. The Kier molecular flexibility index (Phi) is 6.98. The summed E-state index contributed by atoms with van der Waals surface area (Å²) in [7, 11) is -3.89. The smallest absolute Gasteiger partial charge is 0.339 e. The monoisotopic (exact) mass is 505 g/mol. The number of anilines is 1. The lowest BCUT2D eigenvalue weighted by Crippen LogP contribution is -2.40. The van der Waals surface area contributed by atoms with Crippen LogP contribution in [-0.2, 0) is 24.3 Å². The highest BCUT2D eigenvalue weighted by molar-refractivity contribution is 7.89. The van der Waals surface area contributed by atoms with Gasteiger partial charge in [0.2, 0.25) is 15.6 Å². The van der Waals surface area contributed by atoms with Crippen molar-refractivity contribution >= 4 is 50.1 Å². The Morgan fingerprint density at radius 3 is 2.62 bits per heavy atom. The SMILES string of the molecule is O=C(COC(=O)c1cc(=O)[nH]c2ccccc12)Nc1ccc(Cl)c(S(=O)(=O)N2CCOCC2)c1. The summed E-state index contributed by atoms with van der Waals surface area (Å²) < 4.78 is 37.4. The molecule has 1 aliphatic heterocycles. The number of esters is 1. The number of amides is 1. The first-order chi connectivity index (χ1) is 16.3. The van der Waals surface area contributed by atoms with E-state index in [1.807, 2.05) is 0 Å². The highest BCUT2D eigenvalue weighted by Gasteiger charge is 2.28. The second-order valence-corrected chi connectivity index (χ2v) is 9.69. The van der Waals surface area contributed by atoms with Crippen molar-refractivity contribution in [2.75, 3.05) is 38.2 Å². The molecule has 10 nitrogen and oxygen atoms in total. The van der Waals surface area contributed by atoms with Gasteiger partial charge in [-0.2, -0.15) is 4.31 Å². The third-order valence-electron chi connectivity index (χ3n) is 5.11. The summed E-state index contributed by atoms with van der Waals surface area (Å²) in [4.78, 5) is 39.2. The number of H-pyrrole nitrogens is 1. The molecule has 1 aromatic heterocycles. The number of rotatable bonds is 6. The van der Waals surface area contributed by atoms with Crippen LogP contribution in [0.15, 0.2) is 58.2 Å². The fraction of sp³-hybridized carbons (Fsp3) is 0.227. The Morgan fingerprint density at radius 1 is 1.12 bits per heavy atom. The molecule has 1 fully saturated rings. The van der Waals surface area contributed by atoms with Crippen molar-refractivity contribution in [1.82, 2.24) is 9.29 Å². The minimum atomic E-state index is -3.89. The molecule has 0 saturated carbocycles. The molecule has 2 heterocycles. The maximum Gasteiger partial charge on any atom is 0.339 e. The van der Waals surface area contributed by atoms with Crippen molar-refractivity contribution in [3.8, 4) is 0 Å². The van der Waals surface area contributed by atoms with Gasteiger partial charge in [-0.05, 0) is 24.3 Å². The number of fused-ring (bicyclic) bond motifs is 1. The van der Waals surface area contributed by atoms with Crippen molar-refractivity contribution in [3.05, 3.63) is 69.5 Å². The van der Waals surface area contributed by atoms with Crippen LogP contribution in [0.5, 0.6) is 0 Å². The van der Waals surface area contributed by atoms with Crippen LogP contribution in [0.3, 0.4) is 0 Å². The number of para-hydroxylation sites is 1. The Labute approximate surface area is 199 Å². The minimum absolute atomic E-state index is 0.0112. The molecular weight excluding hydrogens is 486 g/mol. The quantitative estimate of drug-likeness (QED) is 0.489. The number of benzene rings is 2. The molecule has 1 amide bonds. The Balaban J connectivity index is 1.45. The zero-order valence-corrected chi connectivity index (χ0v) is 19.3. The highest BCUT2D eigenvalue weighted by Crippen LogP contribution is 2.28. The van der Waals surface area contributed by atoms with E-state index in [4.69, 9.17) is 21.1 Å². The molecule has 3 aromatic rings. The second-order valence-electron chi connectivity index (χ2n) is 7.38. The molecule has 12 heteroatoms. The molecule has 34 heavy (non-hydrogen) atoms. The van der Waals surface area contributed by atoms with Gasteiger partial charge in [0.25, 0.3) is 5.91 Å². The number of aromatic amines is 1. The molecule has 0 spiro atoms. The zero-order chi connectivity index (χ0) is 24.3. The number of ether oxygens (including phenoxy) is 2. The number of pyridine rings is 1. The van der Waals surface area contributed by atoms with Crippen LogP contribution in [0.2, 0.25) is 5.02 Å². The number of carbonyl (C=O) groups is 2. The first-order valence-electron chi connectivity index (χ1n) is 10.2. The first kappa shape index (κ1) is 23.9. The summed E-state index contributed by atoms with van der Waals surface area (Å²) in [6, 6.07) is 11.8. The summed E-state index contributed by atoms with van der Waals surface area (Å²) in [5, 5.41) is 2.98. The number of carbonyl (C=O) groups excluding carboxylic acids is 2. The lowest BCUT2D eigenvalue weighted by atomic mass is 10.1. The number of hydrogen-bond acceptors (Lipinski definition) is 7. The molecule has 0 unspecified atom stereocenters. The van der Waals surface area contributed by atoms with Crippen molar-refractivity contribution in [3.63, 3.8) is 0 Å². The topological polar surface area (TPSA) is 135 Å². The molecule has 1 saturated heterocycles. The number of sulfonamides is 1. The number of hydrogen-bond donors (Lipinski definition) is 2. The van der Waals surface area contributed by atoms with Gasteiger partial charge in [0.15, 0.2) is 6.61 Å². The predicted molar refractivity (Wildman–Crippen MR) is 125 cm³/mol. The van der Waals surface area contributed by atoms with Crippen molar-refractivity contribution in [1.29, 1.82) is 0 Å². The summed E-state index contributed by atoms with van der Waals surface area (Å²) in [6.07, 6.45) is 0. The largest absolute Gasteiger partial charge is 0.452 e. The van der Waals surface area contributed by atoms with Gasteiger partial charge in [-0.25, -0.2) is 13.2 Å². The Bertz CT molecular complexity index is 1420. The summed E-state index contributed by atoms with van der Waals surface area (Å²) in [5.41, 5.74) is 0.170. The Morgan fingerprint density at radius 2 is 1.85 bits per heavy atom. The lowest BCUT2D eigenvalue weighted by Gasteiger charge is -2.26. The molecule has 4 rings (SSSR count). The molecule has 0 atom stereocenters. The van der Waals surface area contributed by atoms with Crippen LogP contribution in [0.4, 0.5) is 5.69 Å². The number of halogens is 1. The molecule has 0 radical (unpaired) electrons. The van der Waals surface area contributed by atoms with Gasteiger partial charge in [-0.3, -0.25) is 9.59 Å². The van der Waals surface area contributed by atoms with E-state index in [0.717, 1.165) is 6.07 Å². The van der Waals surface area contributed by atoms with Crippen LogP contribution < -0.4 is 10.9 Å². The average molecular weight is 506 g/mol. The van der Waals surface area contributed by atoms with E-state index < -0.39 is 34.1 Å². The van der Waals surface area contributed by atoms with E-state index in [2.05, 4.69) is 10.3 Å². The van der Waals surface area contributed by atoms with E-state index in [1.165, 1.54) is 22.5 Å². The van der Waals surface area contributed by atoms with Crippen molar-refractivity contribution in [2.45, 2.75) is 4.90 Å². The predicted octanol–water partition coefficient (Wildman–Crippen LogP) is 2.00. The summed E-state index contributed by atoms with van der Waals surface area (Å²) in [5.74, 6) is -1.54. The Hall–Kier alpha value is -3.25. The van der Waals surface area contributed by atoms with Crippen molar-refractivity contribution in [2.24, 2.45) is 0 Å². The van der Waals surface area contributed by atoms with Crippen molar-refractivity contribution < 1.29 is 27.5 Å². The lowest BCUT2D eigenvalue weighted by molar-refractivity contribution is -0.119. The van der Waals surface area contributed by atoms with E-state index in [-0.39, 0.29) is 47.5 Å². The number of morpholine rings is 1. The van der Waals surface area contributed by atoms with Crippen LogP contribution >= 0.6 is 11.6 Å². The van der Waals surface area contributed by atoms with Gasteiger partial charge in [0.05, 0.1) is 23.8 Å². The van der Waals surface area contributed by atoms with E-state index in [9.17, 15) is 22.8 Å². The highest BCUT2D eigenvalue weighted by atomic mass is 35.5. The summed E-state index contributed by atoms with van der Waals surface area (Å²) in [6.45, 7) is 0.307. The van der Waals surface area contributed by atoms with E-state index in [1.54, 1.807) is 24.3 Å². The van der Waals surface area contributed by atoms with Crippen LogP contribution in [0, 0.1) is 0 Å². The van der Waals surface area contributed by atoms with Gasteiger partial charge < -0.3 is 19.8 Å². The van der Waals surface area contributed by atoms with Gasteiger partial charge in [-0.15, -0.1) is 0 Å². The number of nitrogens with zero attached hydrogens (tertiary/aromatic N) is 1. The molecule has 178 valence electrons. The third-order valence-corrected chi connectivity index (χ3v) is 7.49. The zero-order valence-electron chi connectivity index (χ0n) is 17.7. The molecule has 0 aliphatic carbocycles. The minimum Gasteiger partial charge on any atom is -0.452 e. The maximum atomic E-state index is 12.9. The normalized spacial score (nSPS) is 14.6. The molecule has 1 aliphatic rings. The van der Waals surface area contributed by atoms with Gasteiger partial charge in [-0.1, -0.05) is 29.8 Å². The van der Waals surface area contributed by atoms with Crippen LogP contribution in [0.25, 0.3) is 10.9 Å². The van der Waals surface area contributed by atoms with Crippen LogP contribution in [-0.4, -0.2) is 62.5 Å². The maximum absolute atomic E-state index is 12.9. The average Bonchev–Trinajstić information content (AvgIpc) is 2.83. The van der Waals surface area contributed by atoms with Gasteiger partial charge in [0, 0.05) is 35.7 Å². The molecule has 0 bridgehead atoms. The van der Waals surface area contributed by atoms with E-state index in [0.29, 0.717) is 10.9 Å². The van der Waals surface area contributed by atoms with Gasteiger partial charge in [0.1, 0.15) is 4.90 Å². The fourth-order valence-corrected chi connectivity index (χ4v) is 5.39. The standard InChI is InChI=1S/C22H20ClN3O7S/c23-17-6-5-14(11-19(17)34(30,31)26-7-9-32-10-8-26)24-21(28)13-33-22(29)16-12-20(27)25-18-4-2-1-3-15(16)18/h1-6,11-12H,7-10,13H2,(H,24,28)(H,25,27). The van der Waals surface area contributed by atoms with Gasteiger partial charge >= 0.3 is 5.97 Å². The summed E-state index contributed by atoms with van der Waals surface area (Å²) >= 11 is 6.12. The number of nitrogens with one attached hydrogen (secondary N) is 2. The third kappa shape index (κ3) is 5.12. The van der Waals surface area contributed by atoms with Crippen LogP contribution in [0.1, 0.15) is 10.4 Å².